The third-order valence-electron chi connectivity index (χ3n) is 6.40. The normalized spacial score (nSPS) is 16.0. The average molecular weight is 529 g/mol. The van der Waals surface area contributed by atoms with Crippen molar-refractivity contribution in [3.63, 3.8) is 0 Å². The van der Waals surface area contributed by atoms with Crippen molar-refractivity contribution in [2.75, 3.05) is 19.0 Å². The average Bonchev–Trinajstić information content (AvgIpc) is 3.44. The molecule has 3 aromatic heterocycles. The van der Waals surface area contributed by atoms with Crippen molar-refractivity contribution in [3.8, 4) is 5.69 Å². The molecule has 4 aromatic rings. The van der Waals surface area contributed by atoms with Crippen molar-refractivity contribution < 1.29 is 14.2 Å². The summed E-state index contributed by atoms with van der Waals surface area (Å²) in [5.74, 6) is 1.44. The third kappa shape index (κ3) is 4.61. The molecule has 1 aromatic carbocycles. The predicted octanol–water partition coefficient (Wildman–Crippen LogP) is 4.99. The second-order valence-corrected chi connectivity index (χ2v) is 11.3. The summed E-state index contributed by atoms with van der Waals surface area (Å²) in [6.45, 7) is 11.9. The van der Waals surface area contributed by atoms with Crippen LogP contribution < -0.4 is 5.56 Å². The highest BCUT2D eigenvalue weighted by Crippen LogP contribution is 2.37. The van der Waals surface area contributed by atoms with Gasteiger partial charge in [0.25, 0.3) is 5.56 Å². The van der Waals surface area contributed by atoms with Gasteiger partial charge in [0, 0.05) is 24.5 Å². The van der Waals surface area contributed by atoms with Crippen LogP contribution in [0.3, 0.4) is 0 Å². The van der Waals surface area contributed by atoms with Gasteiger partial charge in [-0.1, -0.05) is 37.7 Å². The number of ether oxygens (including phenoxy) is 3. The van der Waals surface area contributed by atoms with Gasteiger partial charge in [-0.15, -0.1) is 21.5 Å². The fourth-order valence-electron chi connectivity index (χ4n) is 4.62. The van der Waals surface area contributed by atoms with Gasteiger partial charge in [-0.25, -0.2) is 8.97 Å². The zero-order valence-corrected chi connectivity index (χ0v) is 22.9. The lowest BCUT2D eigenvalue weighted by Crippen LogP contribution is -2.28. The van der Waals surface area contributed by atoms with E-state index in [-0.39, 0.29) is 18.0 Å². The largest absolute Gasteiger partial charge is 0.372 e. The third-order valence-corrected chi connectivity index (χ3v) is 8.55. The molecule has 0 spiro atoms. The van der Waals surface area contributed by atoms with Crippen LogP contribution in [0.25, 0.3) is 21.7 Å². The van der Waals surface area contributed by atoms with Crippen LogP contribution in [0.4, 0.5) is 0 Å². The van der Waals surface area contributed by atoms with Crippen molar-refractivity contribution in [2.45, 2.75) is 65.2 Å². The lowest BCUT2D eigenvalue weighted by molar-refractivity contribution is -0.120. The molecule has 5 rings (SSSR count). The topological polar surface area (TPSA) is 79.9 Å². The Bertz CT molecular complexity index is 1440. The van der Waals surface area contributed by atoms with E-state index in [1.165, 1.54) is 11.8 Å². The summed E-state index contributed by atoms with van der Waals surface area (Å²) in [6.07, 6.45) is 0.473. The highest BCUT2D eigenvalue weighted by atomic mass is 32.2. The first-order valence-electron chi connectivity index (χ1n) is 12.4. The van der Waals surface area contributed by atoms with E-state index in [0.717, 1.165) is 38.3 Å². The predicted molar refractivity (Wildman–Crippen MR) is 144 cm³/mol. The minimum Gasteiger partial charge on any atom is -0.372 e. The lowest BCUT2D eigenvalue weighted by atomic mass is 9.96. The molecule has 0 bridgehead atoms. The van der Waals surface area contributed by atoms with Crippen molar-refractivity contribution in [1.82, 2.24) is 19.2 Å². The van der Waals surface area contributed by atoms with E-state index in [9.17, 15) is 4.79 Å². The molecule has 36 heavy (non-hydrogen) atoms. The van der Waals surface area contributed by atoms with Crippen molar-refractivity contribution in [2.24, 2.45) is 5.92 Å². The molecule has 0 N–H and O–H groups in total. The van der Waals surface area contributed by atoms with Crippen LogP contribution >= 0.6 is 23.1 Å². The van der Waals surface area contributed by atoms with Crippen molar-refractivity contribution in [3.05, 3.63) is 50.6 Å². The number of rotatable bonds is 9. The van der Waals surface area contributed by atoms with Gasteiger partial charge < -0.3 is 14.2 Å². The van der Waals surface area contributed by atoms with Gasteiger partial charge in [0.1, 0.15) is 4.83 Å². The summed E-state index contributed by atoms with van der Waals surface area (Å²) in [7, 11) is 0. The molecule has 1 aliphatic heterocycles. The molecule has 0 unspecified atom stereocenters. The number of thioether (sulfide) groups is 1. The second-order valence-electron chi connectivity index (χ2n) is 9.23. The van der Waals surface area contributed by atoms with E-state index >= 15 is 0 Å². The molecular formula is C26H32N4O4S2. The molecule has 4 heterocycles. The molecular weight excluding hydrogens is 496 g/mol. The van der Waals surface area contributed by atoms with Crippen LogP contribution in [-0.2, 0) is 27.2 Å². The number of nitrogens with zero attached hydrogens (tertiary/aromatic N) is 4. The fraction of sp³-hybridized carbons (Fsp3) is 0.500. The van der Waals surface area contributed by atoms with Crippen LogP contribution in [0.5, 0.6) is 0 Å². The first kappa shape index (κ1) is 25.4. The molecule has 0 saturated carbocycles. The van der Waals surface area contributed by atoms with Gasteiger partial charge in [0.2, 0.25) is 5.78 Å². The molecule has 0 radical (unpaired) electrons. The summed E-state index contributed by atoms with van der Waals surface area (Å²) in [4.78, 5) is 16.1. The Balaban J connectivity index is 1.72. The number of thiophene rings is 1. The smallest absolute Gasteiger partial charge is 0.268 e. The molecule has 0 amide bonds. The highest BCUT2D eigenvalue weighted by molar-refractivity contribution is 7.99. The second kappa shape index (κ2) is 10.6. The first-order valence-corrected chi connectivity index (χ1v) is 14.2. The van der Waals surface area contributed by atoms with Gasteiger partial charge in [-0.3, -0.25) is 4.79 Å². The highest BCUT2D eigenvalue weighted by Gasteiger charge is 2.30. The molecule has 10 heteroatoms. The minimum absolute atomic E-state index is 0.0598. The maximum atomic E-state index is 14.1. The maximum Gasteiger partial charge on any atom is 0.268 e. The van der Waals surface area contributed by atoms with Crippen LogP contribution in [0.2, 0.25) is 0 Å². The SMILES string of the molecule is CCOC(CSc1nnc2n(-c3cccc(C)c3)c(=O)c3c4c(sc3n12)CO[C@H](C(C)C)C4)OCC. The van der Waals surface area contributed by atoms with E-state index in [1.54, 1.807) is 15.9 Å². The molecule has 1 aliphatic rings. The Labute approximate surface area is 218 Å². The van der Waals surface area contributed by atoms with Crippen LogP contribution in [0.1, 0.15) is 43.7 Å². The van der Waals surface area contributed by atoms with Gasteiger partial charge in [0.05, 0.1) is 29.5 Å². The first-order chi connectivity index (χ1) is 17.4. The van der Waals surface area contributed by atoms with E-state index in [4.69, 9.17) is 14.2 Å². The number of hydrogen-bond donors (Lipinski definition) is 0. The van der Waals surface area contributed by atoms with E-state index in [1.807, 2.05) is 49.4 Å². The molecule has 192 valence electrons. The maximum absolute atomic E-state index is 14.1. The summed E-state index contributed by atoms with van der Waals surface area (Å²) < 4.78 is 21.3. The Hall–Kier alpha value is -2.24. The molecule has 8 nitrogen and oxygen atoms in total. The van der Waals surface area contributed by atoms with E-state index in [2.05, 4.69) is 24.0 Å². The van der Waals surface area contributed by atoms with Crippen LogP contribution in [0, 0.1) is 12.8 Å². The monoisotopic (exact) mass is 528 g/mol. The number of aromatic nitrogens is 4. The number of aryl methyl sites for hydroxylation is 1. The molecule has 0 saturated heterocycles. The van der Waals surface area contributed by atoms with E-state index < -0.39 is 0 Å². The number of benzene rings is 1. The zero-order chi connectivity index (χ0) is 25.4. The summed E-state index contributed by atoms with van der Waals surface area (Å²) in [5, 5.41) is 10.5. The Morgan fingerprint density at radius 3 is 2.69 bits per heavy atom. The van der Waals surface area contributed by atoms with Crippen molar-refractivity contribution >= 4 is 39.1 Å². The van der Waals surface area contributed by atoms with Gasteiger partial charge in [-0.05, 0) is 49.9 Å². The number of fused-ring (bicyclic) bond motifs is 5. The molecule has 0 aliphatic carbocycles. The Kier molecular flexibility index (Phi) is 7.50. The van der Waals surface area contributed by atoms with Gasteiger partial charge in [-0.2, -0.15) is 0 Å². The zero-order valence-electron chi connectivity index (χ0n) is 21.3. The van der Waals surface area contributed by atoms with Gasteiger partial charge in [0.15, 0.2) is 11.4 Å². The summed E-state index contributed by atoms with van der Waals surface area (Å²) >= 11 is 3.13. The Morgan fingerprint density at radius 1 is 1.22 bits per heavy atom. The number of hydrogen-bond acceptors (Lipinski definition) is 8. The van der Waals surface area contributed by atoms with Crippen LogP contribution in [0.15, 0.2) is 34.2 Å². The summed E-state index contributed by atoms with van der Waals surface area (Å²) in [6, 6.07) is 7.94. The standard InChI is InChI=1S/C26H32N4O4S2/c1-6-32-21(33-7-2)14-35-26-28-27-25-29(17-10-8-9-16(5)11-17)23(31)22-18-12-19(15(3)4)34-13-20(18)36-24(22)30(25)26/h8-11,15,19,21H,6-7,12-14H2,1-5H3/t19-/m0/s1. The lowest BCUT2D eigenvalue weighted by Gasteiger charge is -2.26. The van der Waals surface area contributed by atoms with Crippen molar-refractivity contribution in [1.29, 1.82) is 0 Å². The Morgan fingerprint density at radius 2 is 2.00 bits per heavy atom. The fourth-order valence-corrected chi connectivity index (χ4v) is 6.80. The molecule has 0 fully saturated rings. The minimum atomic E-state index is -0.340. The molecule has 1 atom stereocenters. The quantitative estimate of drug-likeness (QED) is 0.224. The summed E-state index contributed by atoms with van der Waals surface area (Å²) in [5.41, 5.74) is 2.89. The van der Waals surface area contributed by atoms with E-state index in [0.29, 0.717) is 42.4 Å². The van der Waals surface area contributed by atoms with Crippen LogP contribution in [-0.4, -0.2) is 50.5 Å². The van der Waals surface area contributed by atoms with Gasteiger partial charge >= 0.3 is 0 Å².